The van der Waals surface area contributed by atoms with Crippen LogP contribution in [0.15, 0.2) is 23.1 Å². The second-order valence-corrected chi connectivity index (χ2v) is 7.85. The van der Waals surface area contributed by atoms with E-state index >= 15 is 0 Å². The molecular weight excluding hydrogens is 278 g/mol. The van der Waals surface area contributed by atoms with Gasteiger partial charge in [-0.15, -0.1) is 0 Å². The first-order chi connectivity index (χ1) is 9.23. The van der Waals surface area contributed by atoms with E-state index < -0.39 is 10.1 Å². The Bertz CT molecular complexity index is 517. The number of nitrogens with zero attached hydrogens (tertiary/aromatic N) is 1. The standard InChI is InChI=1S/C14H23NO4S/c1-14(5-3-13(4-6-14)20(16,17)18)7-8-15(2)9-11-19-12-10-15/h3-5H,6-12H2,1-2H3/p+1. The van der Waals surface area contributed by atoms with Gasteiger partial charge in [0.2, 0.25) is 0 Å². The lowest BCUT2D eigenvalue weighted by Gasteiger charge is -2.40. The average Bonchev–Trinajstić information content (AvgIpc) is 2.37. The van der Waals surface area contributed by atoms with Gasteiger partial charge in [-0.05, 0) is 17.9 Å². The largest absolute Gasteiger partial charge is 0.370 e. The molecule has 1 atom stereocenters. The summed E-state index contributed by atoms with van der Waals surface area (Å²) in [6, 6.07) is 0. The zero-order chi connectivity index (χ0) is 14.9. The van der Waals surface area contributed by atoms with Gasteiger partial charge in [0.1, 0.15) is 13.1 Å². The van der Waals surface area contributed by atoms with Crippen LogP contribution < -0.4 is 0 Å². The van der Waals surface area contributed by atoms with Crippen molar-refractivity contribution in [1.29, 1.82) is 0 Å². The van der Waals surface area contributed by atoms with E-state index in [2.05, 4.69) is 14.0 Å². The molecule has 1 aliphatic carbocycles. The Morgan fingerprint density at radius 1 is 1.40 bits per heavy atom. The van der Waals surface area contributed by atoms with Crippen molar-refractivity contribution in [2.24, 2.45) is 5.41 Å². The molecule has 1 unspecified atom stereocenters. The summed E-state index contributed by atoms with van der Waals surface area (Å²) in [5.41, 5.74) is -0.0340. The predicted octanol–water partition coefficient (Wildman–Crippen LogP) is 1.59. The molecule has 6 heteroatoms. The van der Waals surface area contributed by atoms with E-state index in [0.29, 0.717) is 6.42 Å². The minimum absolute atomic E-state index is 0.0155. The van der Waals surface area contributed by atoms with Crippen LogP contribution in [0.4, 0.5) is 0 Å². The number of likely N-dealkylation sites (N-methyl/N-ethyl adjacent to an activating group) is 1. The highest BCUT2D eigenvalue weighted by atomic mass is 32.2. The molecule has 0 aromatic carbocycles. The monoisotopic (exact) mass is 302 g/mol. The van der Waals surface area contributed by atoms with Crippen LogP contribution in [-0.4, -0.2) is 57.3 Å². The van der Waals surface area contributed by atoms with E-state index in [1.54, 1.807) is 6.08 Å². The van der Waals surface area contributed by atoms with Gasteiger partial charge in [0.15, 0.2) is 0 Å². The van der Waals surface area contributed by atoms with Crippen molar-refractivity contribution in [3.05, 3.63) is 23.1 Å². The summed E-state index contributed by atoms with van der Waals surface area (Å²) < 4.78 is 37.6. The van der Waals surface area contributed by atoms with Crippen LogP contribution in [0.25, 0.3) is 0 Å². The van der Waals surface area contributed by atoms with Gasteiger partial charge in [-0.2, -0.15) is 8.42 Å². The van der Waals surface area contributed by atoms with Crippen molar-refractivity contribution in [1.82, 2.24) is 0 Å². The summed E-state index contributed by atoms with van der Waals surface area (Å²) >= 11 is 0. The van der Waals surface area contributed by atoms with Crippen LogP contribution in [0, 0.1) is 5.41 Å². The quantitative estimate of drug-likeness (QED) is 0.633. The Balaban J connectivity index is 1.94. The first kappa shape index (κ1) is 15.7. The molecule has 1 fully saturated rings. The maximum atomic E-state index is 11.1. The highest BCUT2D eigenvalue weighted by Gasteiger charge is 2.31. The lowest BCUT2D eigenvalue weighted by atomic mass is 9.80. The highest BCUT2D eigenvalue weighted by Crippen LogP contribution is 2.34. The van der Waals surface area contributed by atoms with Crippen LogP contribution in [0.2, 0.25) is 0 Å². The van der Waals surface area contributed by atoms with Crippen molar-refractivity contribution in [3.8, 4) is 0 Å². The average molecular weight is 302 g/mol. The third-order valence-electron chi connectivity index (χ3n) is 4.49. The molecule has 5 nitrogen and oxygen atoms in total. The maximum absolute atomic E-state index is 11.1. The van der Waals surface area contributed by atoms with E-state index in [-0.39, 0.29) is 10.3 Å². The molecular formula is C14H24NO4S+. The summed E-state index contributed by atoms with van der Waals surface area (Å²) in [6.45, 7) is 6.89. The van der Waals surface area contributed by atoms with E-state index in [9.17, 15) is 8.42 Å². The van der Waals surface area contributed by atoms with Crippen molar-refractivity contribution in [3.63, 3.8) is 0 Å². The molecule has 1 aliphatic heterocycles. The molecule has 0 aromatic heterocycles. The normalized spacial score (nSPS) is 30.1. The molecule has 1 N–H and O–H groups in total. The second kappa shape index (κ2) is 5.60. The Hall–Kier alpha value is -0.690. The zero-order valence-electron chi connectivity index (χ0n) is 12.2. The topological polar surface area (TPSA) is 63.6 Å². The lowest BCUT2D eigenvalue weighted by Crippen LogP contribution is -2.53. The van der Waals surface area contributed by atoms with Crippen molar-refractivity contribution in [2.45, 2.75) is 19.8 Å². The third-order valence-corrected chi connectivity index (χ3v) is 5.39. The van der Waals surface area contributed by atoms with Gasteiger partial charge in [-0.3, -0.25) is 4.55 Å². The molecule has 2 aliphatic rings. The molecule has 0 amide bonds. The van der Waals surface area contributed by atoms with Crippen molar-refractivity contribution in [2.75, 3.05) is 39.9 Å². The fraction of sp³-hybridized carbons (Fsp3) is 0.714. The molecule has 1 heterocycles. The van der Waals surface area contributed by atoms with E-state index in [0.717, 1.165) is 43.8 Å². The summed E-state index contributed by atoms with van der Waals surface area (Å²) in [4.78, 5) is 0.0155. The summed E-state index contributed by atoms with van der Waals surface area (Å²) in [5, 5.41) is 0. The van der Waals surface area contributed by atoms with Crippen molar-refractivity contribution < 1.29 is 22.2 Å². The number of rotatable bonds is 4. The number of allylic oxidation sites excluding steroid dienone is 3. The van der Waals surface area contributed by atoms with Crippen LogP contribution in [0.1, 0.15) is 19.8 Å². The van der Waals surface area contributed by atoms with E-state index in [1.807, 2.05) is 6.08 Å². The Kier molecular flexibility index (Phi) is 4.39. The van der Waals surface area contributed by atoms with Crippen LogP contribution in [-0.2, 0) is 14.9 Å². The first-order valence-corrected chi connectivity index (χ1v) is 8.45. The number of hydrogen-bond donors (Lipinski definition) is 1. The Labute approximate surface area is 121 Å². The summed E-state index contributed by atoms with van der Waals surface area (Å²) in [5.74, 6) is 0. The SMILES string of the molecule is CC1(CC[N+]2(C)CCOCC2)C=CC(S(=O)(=O)O)=CC1. The van der Waals surface area contributed by atoms with Crippen molar-refractivity contribution >= 4 is 10.1 Å². The van der Waals surface area contributed by atoms with Gasteiger partial charge in [-0.25, -0.2) is 0 Å². The van der Waals surface area contributed by atoms with Crippen LogP contribution >= 0.6 is 0 Å². The minimum atomic E-state index is -4.07. The number of morpholine rings is 1. The number of quaternary nitrogens is 1. The van der Waals surface area contributed by atoms with Gasteiger partial charge >= 0.3 is 0 Å². The molecule has 20 heavy (non-hydrogen) atoms. The number of hydrogen-bond acceptors (Lipinski definition) is 3. The Morgan fingerprint density at radius 2 is 2.05 bits per heavy atom. The summed E-state index contributed by atoms with van der Waals surface area (Å²) in [6.07, 6.45) is 6.71. The first-order valence-electron chi connectivity index (χ1n) is 7.01. The minimum Gasteiger partial charge on any atom is -0.370 e. The molecule has 1 saturated heterocycles. The molecule has 2 rings (SSSR count). The fourth-order valence-electron chi connectivity index (χ4n) is 2.66. The molecule has 0 aromatic rings. The lowest BCUT2D eigenvalue weighted by molar-refractivity contribution is -0.917. The fourth-order valence-corrected chi connectivity index (χ4v) is 3.20. The molecule has 114 valence electrons. The predicted molar refractivity (Wildman–Crippen MR) is 77.7 cm³/mol. The van der Waals surface area contributed by atoms with Gasteiger partial charge in [0.05, 0.1) is 31.7 Å². The van der Waals surface area contributed by atoms with Gasteiger partial charge < -0.3 is 9.22 Å². The Morgan fingerprint density at radius 3 is 2.55 bits per heavy atom. The second-order valence-electron chi connectivity index (χ2n) is 6.43. The van der Waals surface area contributed by atoms with Gasteiger partial charge in [0, 0.05) is 6.42 Å². The van der Waals surface area contributed by atoms with Gasteiger partial charge in [0.25, 0.3) is 10.1 Å². The third kappa shape index (κ3) is 3.91. The van der Waals surface area contributed by atoms with Gasteiger partial charge in [-0.1, -0.05) is 19.1 Å². The summed E-state index contributed by atoms with van der Waals surface area (Å²) in [7, 11) is -1.82. The van der Waals surface area contributed by atoms with E-state index in [4.69, 9.17) is 9.29 Å². The smallest absolute Gasteiger partial charge is 0.294 e. The number of ether oxygens (including phenoxy) is 1. The molecule has 0 radical (unpaired) electrons. The highest BCUT2D eigenvalue weighted by molar-refractivity contribution is 7.90. The van der Waals surface area contributed by atoms with Crippen LogP contribution in [0.3, 0.4) is 0 Å². The molecule has 0 saturated carbocycles. The zero-order valence-corrected chi connectivity index (χ0v) is 13.0. The molecule has 0 bridgehead atoms. The van der Waals surface area contributed by atoms with E-state index in [1.165, 1.54) is 6.08 Å². The van der Waals surface area contributed by atoms with Crippen LogP contribution in [0.5, 0.6) is 0 Å². The molecule has 0 spiro atoms. The maximum Gasteiger partial charge on any atom is 0.294 e.